The van der Waals surface area contributed by atoms with Crippen LogP contribution in [0.2, 0.25) is 0 Å². The minimum absolute atomic E-state index is 0.0133. The van der Waals surface area contributed by atoms with E-state index in [1.165, 1.54) is 59.4 Å². The number of hydrogen-bond donors (Lipinski definition) is 21. The molecule has 5 heterocycles. The Bertz CT molecular complexity index is 5450. The number of guanidine groups is 1. The molecule has 141 heavy (non-hydrogen) atoms. The number of phenolic OH excluding ortho intramolecular Hbond substituents is 1. The largest absolute Gasteiger partial charge is 0.508 e. The van der Waals surface area contributed by atoms with Gasteiger partial charge in [-0.3, -0.25) is 86.9 Å². The van der Waals surface area contributed by atoms with Gasteiger partial charge in [0, 0.05) is 106 Å². The summed E-state index contributed by atoms with van der Waals surface area (Å²) < 4.78 is 5.51. The maximum atomic E-state index is 16.2. The Morgan fingerprint density at radius 3 is 1.78 bits per heavy atom. The van der Waals surface area contributed by atoms with Crippen LogP contribution in [0.15, 0.2) is 103 Å². The molecular formula is C96H135N23O21S. The van der Waals surface area contributed by atoms with Crippen LogP contribution < -0.4 is 86.2 Å². The Kier molecular flexibility index (Phi) is 41.5. The third kappa shape index (κ3) is 30.5. The highest BCUT2D eigenvalue weighted by atomic mass is 32.2. The maximum Gasteiger partial charge on any atom is 0.246 e. The average molecular weight is 1980 g/mol. The summed E-state index contributed by atoms with van der Waals surface area (Å²) in [5, 5.41) is 71.4. The molecule has 766 valence electrons. The van der Waals surface area contributed by atoms with Gasteiger partial charge in [0.1, 0.15) is 96.1 Å². The fourth-order valence-corrected chi connectivity index (χ4v) is 18.4. The smallest absolute Gasteiger partial charge is 0.246 e. The van der Waals surface area contributed by atoms with E-state index >= 15 is 38.4 Å². The second kappa shape index (κ2) is 52.9. The van der Waals surface area contributed by atoms with Crippen LogP contribution in [-0.4, -0.2) is 326 Å². The first-order chi connectivity index (χ1) is 67.2. The van der Waals surface area contributed by atoms with Crippen molar-refractivity contribution >= 4 is 140 Å². The number of unbranched alkanes of at least 4 members (excludes halogenated alkanes) is 2. The fraction of sp³-hybridized carbons (Fsp3) is 0.521. The van der Waals surface area contributed by atoms with Crippen molar-refractivity contribution in [3.63, 3.8) is 0 Å². The van der Waals surface area contributed by atoms with Crippen LogP contribution in [0.25, 0.3) is 33.1 Å². The van der Waals surface area contributed by atoms with E-state index in [1.54, 1.807) is 92.8 Å². The second-order valence-corrected chi connectivity index (χ2v) is 37.2. The van der Waals surface area contributed by atoms with Crippen LogP contribution in [0.3, 0.4) is 0 Å². The van der Waals surface area contributed by atoms with E-state index in [9.17, 15) is 58.5 Å². The topological polar surface area (TPSA) is 668 Å². The standard InChI is InChI=1S/C96H135N23O21S/c1-10-12-25-74-88(132)107-65(24-18-38-102-96(100)101)84(128)114-73(83(127)104-47-79(99)124)50-141-51-80(125)105-69(41-54-28-32-57(121)33-29-54)91(135)115(6)53(5)82(126)110-71(45-78(98)123)93(137)118-39-19-27-75(118)89(133)108-66(36-37-97)85(129)111-68(40-52(3)4)94(138)119-48-58(122)43-77(119)90(134)109-67(42-56-46-103-63-22-16-14-20-60(56)63)86(130)113-72(49-120)87(131)112-70(92(136)117(8)76(26-13-11-2)95(139)116(74)7)44-62-61-21-15-17-23-64(61)106-81(62)55-30-34-59(140-9)35-31-55/h14-17,20-23,28-35,46,52-53,58,65-77,103,106,120-122H,10-13,18-19,24-27,36-45,47-51,97H2,1-9H3,(H2,98,123)(H2,99,124)(H,104,127)(H,105,125)(H,107,132)(H,108,133)(H,109,134)(H,110,126)(H,111,129)(H,112,131)(H,113,130)(H,114,128)(H4,100,101,102)/t53-,58+,65?,66-,67-,68-,69-,70-,71-,72-,73-,74-,75-,76-,77?/m0/s1. The minimum Gasteiger partial charge on any atom is -0.508 e. The number of fused-ring (bicyclic) bond motifs is 4. The van der Waals surface area contributed by atoms with Crippen molar-refractivity contribution in [1.29, 1.82) is 5.41 Å². The molecule has 6 aromatic rings. The number of carbonyl (C=O) groups excluding carboxylic acids is 17. The molecule has 2 aromatic heterocycles. The Hall–Kier alpha value is -14.0. The SMILES string of the molecule is CCCC[C@H]1C(=O)N(C)[C@@H](CCCC)C(=O)NC(CCCNC(=N)N)C(=O)N[C@H](C(=O)NCC(N)=O)CSCC(=O)N[C@@H](Cc2ccc(O)cc2)C(=O)N(C)[C@@H](C)C(=O)N[C@@H](CC(N)=O)C(=O)N2CCC[C@H]2C(=O)N[C@@H](CCN)C(=O)N[C@@H](CC(C)C)C(=O)N2C[C@H](O)CC2C(=O)N[C@@H](Cc2c[nH]c3ccccc23)C(=O)N[C@@H](CO)C(=O)N[C@@H](Cc2c(-c3ccc(OC)cc3)[nH]c3ccccc23)C(=O)N1C. The molecule has 15 atom stereocenters. The molecule has 17 amide bonds. The number of hydrogen-bond acceptors (Lipinski definition) is 24. The first kappa shape index (κ1) is 111. The summed E-state index contributed by atoms with van der Waals surface area (Å²) in [5.41, 5.74) is 26.6. The summed E-state index contributed by atoms with van der Waals surface area (Å²) >= 11 is 0.757. The molecular weight excluding hydrogens is 1840 g/mol. The maximum absolute atomic E-state index is 16.2. The Morgan fingerprint density at radius 1 is 0.567 bits per heavy atom. The van der Waals surface area contributed by atoms with Crippen molar-refractivity contribution in [2.45, 2.75) is 234 Å². The first-order valence-electron chi connectivity index (χ1n) is 47.4. The van der Waals surface area contributed by atoms with E-state index in [4.69, 9.17) is 33.1 Å². The number of aromatic nitrogens is 2. The molecule has 0 bridgehead atoms. The van der Waals surface area contributed by atoms with E-state index in [-0.39, 0.29) is 102 Å². The lowest BCUT2D eigenvalue weighted by Gasteiger charge is -2.36. The highest BCUT2D eigenvalue weighted by Crippen LogP contribution is 2.34. The number of H-pyrrole nitrogens is 2. The van der Waals surface area contributed by atoms with Crippen LogP contribution in [0.4, 0.5) is 0 Å². The van der Waals surface area contributed by atoms with Crippen molar-refractivity contribution < 1.29 is 102 Å². The van der Waals surface area contributed by atoms with Gasteiger partial charge in [0.2, 0.25) is 100 Å². The Labute approximate surface area is 820 Å². The van der Waals surface area contributed by atoms with Crippen LogP contribution in [-0.2, 0) is 101 Å². The summed E-state index contributed by atoms with van der Waals surface area (Å²) in [5.74, 6) is -17.7. The molecule has 4 aromatic carbocycles. The number of aromatic hydroxyl groups is 1. The highest BCUT2D eigenvalue weighted by molar-refractivity contribution is 8.00. The van der Waals surface area contributed by atoms with Gasteiger partial charge in [-0.1, -0.05) is 102 Å². The van der Waals surface area contributed by atoms with E-state index in [0.29, 0.717) is 81.2 Å². The normalized spacial score (nSPS) is 24.2. The summed E-state index contributed by atoms with van der Waals surface area (Å²) in [6.45, 7) is 5.72. The quantitative estimate of drug-likeness (QED) is 0.0145. The number of phenols is 1. The summed E-state index contributed by atoms with van der Waals surface area (Å²) in [4.78, 5) is 264. The highest BCUT2D eigenvalue weighted by Gasteiger charge is 2.47. The van der Waals surface area contributed by atoms with Crippen LogP contribution in [0.5, 0.6) is 11.5 Å². The zero-order valence-electron chi connectivity index (χ0n) is 80.9. The van der Waals surface area contributed by atoms with Crippen LogP contribution in [0, 0.1) is 11.3 Å². The number of nitrogens with two attached hydrogens (primary N) is 4. The Balaban J connectivity index is 1.13. The monoisotopic (exact) mass is 1980 g/mol. The number of amides is 17. The predicted octanol–water partition coefficient (Wildman–Crippen LogP) is -1.87. The molecule has 0 aliphatic carbocycles. The molecule has 0 spiro atoms. The van der Waals surface area contributed by atoms with Gasteiger partial charge in [-0.25, -0.2) is 0 Å². The van der Waals surface area contributed by atoms with Crippen molar-refractivity contribution in [1.82, 2.24) is 93.0 Å². The molecule has 3 saturated heterocycles. The molecule has 44 nitrogen and oxygen atoms in total. The summed E-state index contributed by atoms with van der Waals surface area (Å²) in [6, 6.07) is 4.55. The number of aromatic amines is 2. The summed E-state index contributed by atoms with van der Waals surface area (Å²) in [7, 11) is 5.40. The average Bonchev–Trinajstić information content (AvgIpc) is 1.63. The van der Waals surface area contributed by atoms with Gasteiger partial charge in [0.05, 0.1) is 38.5 Å². The number of aliphatic hydroxyl groups excluding tert-OH is 2. The number of nitrogens with one attached hydrogen (secondary N) is 14. The van der Waals surface area contributed by atoms with Crippen molar-refractivity contribution in [2.24, 2.45) is 28.9 Å². The van der Waals surface area contributed by atoms with Gasteiger partial charge < -0.3 is 136 Å². The van der Waals surface area contributed by atoms with E-state index < -0.39 is 241 Å². The van der Waals surface area contributed by atoms with Gasteiger partial charge in [0.15, 0.2) is 5.96 Å². The molecule has 2 unspecified atom stereocenters. The van der Waals surface area contributed by atoms with E-state index in [0.717, 1.165) is 36.3 Å². The van der Waals surface area contributed by atoms with Gasteiger partial charge in [-0.2, -0.15) is 0 Å². The number of nitrogens with zero attached hydrogens (tertiary/aromatic N) is 5. The van der Waals surface area contributed by atoms with Crippen LogP contribution >= 0.6 is 11.8 Å². The lowest BCUT2D eigenvalue weighted by molar-refractivity contribution is -0.149. The number of para-hydroxylation sites is 2. The molecule has 3 fully saturated rings. The zero-order chi connectivity index (χ0) is 103. The number of primary amides is 2. The third-order valence-electron chi connectivity index (χ3n) is 25.3. The van der Waals surface area contributed by atoms with E-state index in [2.05, 4.69) is 68.5 Å². The number of benzene rings is 4. The van der Waals surface area contributed by atoms with Gasteiger partial charge >= 0.3 is 0 Å². The van der Waals surface area contributed by atoms with Crippen molar-refractivity contribution in [3.8, 4) is 22.8 Å². The number of rotatable bonds is 28. The summed E-state index contributed by atoms with van der Waals surface area (Å²) in [6.07, 6.45) is -0.872. The Morgan fingerprint density at radius 2 is 1.13 bits per heavy atom. The first-order valence-corrected chi connectivity index (χ1v) is 48.5. The molecule has 3 aliphatic heterocycles. The third-order valence-corrected chi connectivity index (χ3v) is 26.3. The van der Waals surface area contributed by atoms with E-state index in [1.807, 2.05) is 13.8 Å². The van der Waals surface area contributed by atoms with Crippen molar-refractivity contribution in [2.75, 3.05) is 79.1 Å². The molecule has 3 aliphatic rings. The lowest BCUT2D eigenvalue weighted by atomic mass is 9.96. The second-order valence-electron chi connectivity index (χ2n) is 36.2. The minimum atomic E-state index is -1.94. The number of aliphatic hydroxyl groups is 2. The molecule has 0 radical (unpaired) electrons. The molecule has 45 heteroatoms. The number of ether oxygens (including phenoxy) is 1. The zero-order valence-corrected chi connectivity index (χ0v) is 81.7. The number of carbonyl (C=O) groups is 17. The van der Waals surface area contributed by atoms with Gasteiger partial charge in [-0.05, 0) is 142 Å². The fourth-order valence-electron chi connectivity index (χ4n) is 17.5. The number of thioether (sulfide) groups is 1. The number of methoxy groups -OCH3 is 1. The lowest BCUT2D eigenvalue weighted by Crippen LogP contribution is -2.62. The number of likely N-dealkylation sites (N-methyl/N-ethyl adjacent to an activating group) is 3. The van der Waals surface area contributed by atoms with Crippen LogP contribution in [0.1, 0.15) is 141 Å². The molecule has 0 saturated carbocycles. The molecule has 25 N–H and O–H groups in total. The van der Waals surface area contributed by atoms with Gasteiger partial charge in [-0.15, -0.1) is 11.8 Å². The van der Waals surface area contributed by atoms with Crippen molar-refractivity contribution in [3.05, 3.63) is 120 Å². The van der Waals surface area contributed by atoms with Gasteiger partial charge in [0.25, 0.3) is 0 Å². The molecule has 9 rings (SSSR count). The predicted molar refractivity (Wildman–Crippen MR) is 523 cm³/mol.